The first-order valence-corrected chi connectivity index (χ1v) is 11.1. The Morgan fingerprint density at radius 1 is 1.07 bits per heavy atom. The number of ether oxygens (including phenoxy) is 1. The van der Waals surface area contributed by atoms with Gasteiger partial charge in [-0.05, 0) is 60.0 Å². The highest BCUT2D eigenvalue weighted by atomic mass is 32.1. The molecule has 0 bridgehead atoms. The van der Waals surface area contributed by atoms with Crippen molar-refractivity contribution in [3.05, 3.63) is 81.5 Å². The molecule has 0 spiro atoms. The van der Waals surface area contributed by atoms with Crippen LogP contribution in [0.25, 0.3) is 11.1 Å². The summed E-state index contributed by atoms with van der Waals surface area (Å²) in [7, 11) is 0. The van der Waals surface area contributed by atoms with Crippen LogP contribution in [0.4, 0.5) is 4.79 Å². The molecule has 30 heavy (non-hydrogen) atoms. The van der Waals surface area contributed by atoms with E-state index in [0.29, 0.717) is 6.54 Å². The molecule has 1 aromatic heterocycles. The Kier molecular flexibility index (Phi) is 5.67. The van der Waals surface area contributed by atoms with Crippen molar-refractivity contribution in [2.75, 3.05) is 13.2 Å². The number of carbonyl (C=O) groups excluding carboxylic acids is 1. The quantitative estimate of drug-likeness (QED) is 0.565. The Balaban J connectivity index is 1.56. The van der Waals surface area contributed by atoms with Gasteiger partial charge < -0.3 is 9.84 Å². The molecule has 0 fully saturated rings. The van der Waals surface area contributed by atoms with Crippen LogP contribution >= 0.6 is 11.3 Å². The first-order chi connectivity index (χ1) is 14.4. The van der Waals surface area contributed by atoms with Gasteiger partial charge >= 0.3 is 6.09 Å². The standard InChI is InChI=1S/C25H27NO3S/c1-17-12-13-30-23(17)14-26(25(2,3)16-27)24(28)29-15-22-20-10-6-4-8-18(20)19-9-5-7-11-21(19)22/h4-13,22,27H,14-16H2,1-3H3. The molecule has 3 aromatic rings. The van der Waals surface area contributed by atoms with Gasteiger partial charge in [0.2, 0.25) is 0 Å². The van der Waals surface area contributed by atoms with E-state index in [-0.39, 0.29) is 19.1 Å². The first kappa shape index (κ1) is 20.6. The Hall–Kier alpha value is -2.63. The molecule has 1 aliphatic carbocycles. The molecule has 0 saturated carbocycles. The van der Waals surface area contributed by atoms with Crippen LogP contribution < -0.4 is 0 Å². The number of rotatable bonds is 6. The summed E-state index contributed by atoms with van der Waals surface area (Å²) in [5.41, 5.74) is 5.21. The lowest BCUT2D eigenvalue weighted by atomic mass is 9.98. The van der Waals surface area contributed by atoms with Crippen molar-refractivity contribution >= 4 is 17.4 Å². The maximum Gasteiger partial charge on any atom is 0.410 e. The largest absolute Gasteiger partial charge is 0.448 e. The molecule has 4 nitrogen and oxygen atoms in total. The van der Waals surface area contributed by atoms with E-state index in [1.807, 2.05) is 56.5 Å². The summed E-state index contributed by atoms with van der Waals surface area (Å²) >= 11 is 1.62. The zero-order chi connectivity index (χ0) is 21.3. The molecule has 0 unspecified atom stereocenters. The van der Waals surface area contributed by atoms with E-state index in [1.165, 1.54) is 22.3 Å². The predicted octanol–water partition coefficient (Wildman–Crippen LogP) is 5.58. The fourth-order valence-electron chi connectivity index (χ4n) is 3.99. The zero-order valence-electron chi connectivity index (χ0n) is 17.6. The van der Waals surface area contributed by atoms with E-state index in [0.717, 1.165) is 10.4 Å². The summed E-state index contributed by atoms with van der Waals surface area (Å²) in [5, 5.41) is 11.9. The van der Waals surface area contributed by atoms with Crippen LogP contribution in [0.15, 0.2) is 60.0 Å². The summed E-state index contributed by atoms with van der Waals surface area (Å²) in [4.78, 5) is 15.9. The van der Waals surface area contributed by atoms with E-state index in [4.69, 9.17) is 4.74 Å². The second-order valence-corrected chi connectivity index (χ2v) is 9.39. The molecule has 4 rings (SSSR count). The van der Waals surface area contributed by atoms with Crippen molar-refractivity contribution in [3.8, 4) is 11.1 Å². The molecule has 0 aliphatic heterocycles. The minimum absolute atomic E-state index is 0.0175. The van der Waals surface area contributed by atoms with Gasteiger partial charge in [0.25, 0.3) is 0 Å². The van der Waals surface area contributed by atoms with Gasteiger partial charge in [-0.3, -0.25) is 4.90 Å². The number of thiophene rings is 1. The molecule has 1 heterocycles. The van der Waals surface area contributed by atoms with Crippen LogP contribution in [0, 0.1) is 6.92 Å². The lowest BCUT2D eigenvalue weighted by Crippen LogP contribution is -2.50. The van der Waals surface area contributed by atoms with Crippen molar-refractivity contribution in [1.29, 1.82) is 0 Å². The van der Waals surface area contributed by atoms with Crippen LogP contribution in [-0.4, -0.2) is 34.9 Å². The molecule has 5 heteroatoms. The molecule has 0 atom stereocenters. The summed E-state index contributed by atoms with van der Waals surface area (Å²) in [6.07, 6.45) is -0.399. The summed E-state index contributed by atoms with van der Waals surface area (Å²) in [6, 6.07) is 18.6. The lowest BCUT2D eigenvalue weighted by molar-refractivity contribution is 0.0299. The highest BCUT2D eigenvalue weighted by Crippen LogP contribution is 2.44. The number of carbonyl (C=O) groups is 1. The van der Waals surface area contributed by atoms with Gasteiger partial charge in [0.05, 0.1) is 18.7 Å². The number of nitrogens with zero attached hydrogens (tertiary/aromatic N) is 1. The number of aliphatic hydroxyl groups excluding tert-OH is 1. The average molecular weight is 422 g/mol. The van der Waals surface area contributed by atoms with Crippen LogP contribution in [0.5, 0.6) is 0 Å². The average Bonchev–Trinajstić information content (AvgIpc) is 3.31. The molecule has 1 N–H and O–H groups in total. The van der Waals surface area contributed by atoms with E-state index in [9.17, 15) is 9.90 Å². The Bertz CT molecular complexity index is 1010. The Morgan fingerprint density at radius 3 is 2.20 bits per heavy atom. The number of aryl methyl sites for hydroxylation is 1. The minimum Gasteiger partial charge on any atom is -0.448 e. The zero-order valence-corrected chi connectivity index (χ0v) is 18.4. The van der Waals surface area contributed by atoms with E-state index >= 15 is 0 Å². The van der Waals surface area contributed by atoms with Crippen molar-refractivity contribution in [2.24, 2.45) is 0 Å². The predicted molar refractivity (Wildman–Crippen MR) is 121 cm³/mol. The van der Waals surface area contributed by atoms with Gasteiger partial charge in [0.15, 0.2) is 0 Å². The van der Waals surface area contributed by atoms with Crippen LogP contribution in [-0.2, 0) is 11.3 Å². The summed E-state index contributed by atoms with van der Waals surface area (Å²) in [6.45, 7) is 6.31. The van der Waals surface area contributed by atoms with Crippen molar-refractivity contribution < 1.29 is 14.6 Å². The highest BCUT2D eigenvalue weighted by molar-refractivity contribution is 7.10. The molecule has 156 valence electrons. The summed E-state index contributed by atoms with van der Waals surface area (Å²) in [5.74, 6) is 0.0175. The van der Waals surface area contributed by atoms with E-state index in [2.05, 4.69) is 24.3 Å². The maximum atomic E-state index is 13.2. The minimum atomic E-state index is -0.723. The third-order valence-corrected chi connectivity index (χ3v) is 6.95. The molecule has 2 aromatic carbocycles. The monoisotopic (exact) mass is 421 g/mol. The molecular formula is C25H27NO3S. The maximum absolute atomic E-state index is 13.2. The molecular weight excluding hydrogens is 394 g/mol. The van der Waals surface area contributed by atoms with Crippen LogP contribution in [0.1, 0.15) is 41.3 Å². The smallest absolute Gasteiger partial charge is 0.410 e. The number of benzene rings is 2. The molecule has 1 aliphatic rings. The summed E-state index contributed by atoms with van der Waals surface area (Å²) < 4.78 is 5.86. The van der Waals surface area contributed by atoms with Gasteiger partial charge in [-0.15, -0.1) is 11.3 Å². The van der Waals surface area contributed by atoms with Gasteiger partial charge in [-0.2, -0.15) is 0 Å². The molecule has 1 amide bonds. The SMILES string of the molecule is Cc1ccsc1CN(C(=O)OCC1c2ccccc2-c2ccccc21)C(C)(C)CO. The molecule has 0 saturated heterocycles. The van der Waals surface area contributed by atoms with Crippen molar-refractivity contribution in [3.63, 3.8) is 0 Å². The number of fused-ring (bicyclic) bond motifs is 3. The van der Waals surface area contributed by atoms with Crippen molar-refractivity contribution in [2.45, 2.75) is 38.8 Å². The third kappa shape index (κ3) is 3.75. The van der Waals surface area contributed by atoms with E-state index in [1.54, 1.807) is 16.2 Å². The normalized spacial score (nSPS) is 13.1. The van der Waals surface area contributed by atoms with Gasteiger partial charge in [-0.1, -0.05) is 48.5 Å². The van der Waals surface area contributed by atoms with E-state index < -0.39 is 11.6 Å². The van der Waals surface area contributed by atoms with Gasteiger partial charge in [0.1, 0.15) is 6.61 Å². The fourth-order valence-corrected chi connectivity index (χ4v) is 4.89. The van der Waals surface area contributed by atoms with Crippen molar-refractivity contribution in [1.82, 2.24) is 4.90 Å². The fraction of sp³-hybridized carbons (Fsp3) is 0.320. The second-order valence-electron chi connectivity index (χ2n) is 8.39. The topological polar surface area (TPSA) is 49.8 Å². The van der Waals surface area contributed by atoms with Gasteiger partial charge in [-0.25, -0.2) is 4.79 Å². The Labute approximate surface area is 181 Å². The second kappa shape index (κ2) is 8.25. The molecule has 0 radical (unpaired) electrons. The number of hydrogen-bond acceptors (Lipinski definition) is 4. The Morgan fingerprint density at radius 2 is 1.67 bits per heavy atom. The number of hydrogen-bond donors (Lipinski definition) is 1. The van der Waals surface area contributed by atoms with Crippen LogP contribution in [0.3, 0.4) is 0 Å². The first-order valence-electron chi connectivity index (χ1n) is 10.2. The third-order valence-electron chi connectivity index (χ3n) is 5.94. The lowest BCUT2D eigenvalue weighted by Gasteiger charge is -2.36. The van der Waals surface area contributed by atoms with Gasteiger partial charge in [0, 0.05) is 10.8 Å². The highest BCUT2D eigenvalue weighted by Gasteiger charge is 2.34. The van der Waals surface area contributed by atoms with Crippen LogP contribution in [0.2, 0.25) is 0 Å². The number of amides is 1. The number of aliphatic hydroxyl groups is 1.